The van der Waals surface area contributed by atoms with Crippen molar-refractivity contribution >= 4 is 0 Å². The number of hydrogen-bond acceptors (Lipinski definition) is 0. The fourth-order valence-electron chi connectivity index (χ4n) is 2.67. The lowest BCUT2D eigenvalue weighted by atomic mass is 9.97. The van der Waals surface area contributed by atoms with Gasteiger partial charge in [-0.2, -0.15) is 13.2 Å². The van der Waals surface area contributed by atoms with E-state index in [0.29, 0.717) is 0 Å². The van der Waals surface area contributed by atoms with Gasteiger partial charge in [-0.1, -0.05) is 6.07 Å². The summed E-state index contributed by atoms with van der Waals surface area (Å²) in [4.78, 5) is 0. The van der Waals surface area contributed by atoms with Crippen LogP contribution in [0.1, 0.15) is 36.0 Å². The Labute approximate surface area is 86.1 Å². The highest BCUT2D eigenvalue weighted by atomic mass is 19.4. The average molecular weight is 212 g/mol. The van der Waals surface area contributed by atoms with Crippen LogP contribution in [0.25, 0.3) is 0 Å². The first-order chi connectivity index (χ1) is 7.01. The summed E-state index contributed by atoms with van der Waals surface area (Å²) in [7, 11) is 0. The van der Waals surface area contributed by atoms with Crippen molar-refractivity contribution in [3.8, 4) is 0 Å². The zero-order valence-electron chi connectivity index (χ0n) is 8.19. The highest BCUT2D eigenvalue weighted by Crippen LogP contribution is 2.57. The molecule has 2 aliphatic carbocycles. The van der Waals surface area contributed by atoms with E-state index in [1.807, 2.05) is 0 Å². The number of hydrogen-bond donors (Lipinski definition) is 0. The van der Waals surface area contributed by atoms with Crippen molar-refractivity contribution in [1.29, 1.82) is 0 Å². The average Bonchev–Trinajstić information content (AvgIpc) is 2.84. The molecular formula is C12H11F3. The van der Waals surface area contributed by atoms with Crippen molar-refractivity contribution in [2.24, 2.45) is 0 Å². The first-order valence-electron chi connectivity index (χ1n) is 5.22. The molecule has 0 radical (unpaired) electrons. The van der Waals surface area contributed by atoms with Gasteiger partial charge in [-0.3, -0.25) is 0 Å². The second kappa shape index (κ2) is 2.57. The zero-order valence-corrected chi connectivity index (χ0v) is 8.19. The first-order valence-corrected chi connectivity index (χ1v) is 5.22. The predicted octanol–water partition coefficient (Wildman–Crippen LogP) is 3.68. The molecule has 1 aromatic carbocycles. The van der Waals surface area contributed by atoms with Gasteiger partial charge in [0.1, 0.15) is 0 Å². The van der Waals surface area contributed by atoms with E-state index in [-0.39, 0.29) is 5.41 Å². The summed E-state index contributed by atoms with van der Waals surface area (Å²) in [5.41, 5.74) is 1.87. The molecule has 0 aromatic heterocycles. The Hall–Kier alpha value is -0.990. The lowest BCUT2D eigenvalue weighted by molar-refractivity contribution is -0.137. The van der Waals surface area contributed by atoms with Crippen LogP contribution in [0, 0.1) is 0 Å². The van der Waals surface area contributed by atoms with Crippen molar-refractivity contribution in [3.05, 3.63) is 34.9 Å². The van der Waals surface area contributed by atoms with Crippen LogP contribution in [0.3, 0.4) is 0 Å². The molecule has 1 spiro atoms. The number of fused-ring (bicyclic) bond motifs is 2. The number of alkyl halides is 3. The van der Waals surface area contributed by atoms with Gasteiger partial charge in [0.05, 0.1) is 5.56 Å². The molecule has 0 amide bonds. The minimum Gasteiger partial charge on any atom is -0.166 e. The summed E-state index contributed by atoms with van der Waals surface area (Å²) >= 11 is 0. The molecule has 15 heavy (non-hydrogen) atoms. The monoisotopic (exact) mass is 212 g/mol. The Balaban J connectivity index is 2.06. The summed E-state index contributed by atoms with van der Waals surface area (Å²) in [5.74, 6) is 0. The van der Waals surface area contributed by atoms with Crippen LogP contribution in [-0.2, 0) is 18.0 Å². The molecule has 0 bridgehead atoms. The van der Waals surface area contributed by atoms with E-state index in [1.54, 1.807) is 6.07 Å². The number of rotatable bonds is 0. The molecular weight excluding hydrogens is 201 g/mol. The fourth-order valence-corrected chi connectivity index (χ4v) is 2.67. The molecule has 2 aliphatic rings. The molecule has 0 heterocycles. The van der Waals surface area contributed by atoms with E-state index in [4.69, 9.17) is 0 Å². The topological polar surface area (TPSA) is 0 Å². The predicted molar refractivity (Wildman–Crippen MR) is 50.7 cm³/mol. The molecule has 3 rings (SSSR count). The third kappa shape index (κ3) is 1.29. The van der Waals surface area contributed by atoms with Crippen LogP contribution >= 0.6 is 0 Å². The van der Waals surface area contributed by atoms with Crippen LogP contribution < -0.4 is 0 Å². The largest absolute Gasteiger partial charge is 0.416 e. The Morgan fingerprint density at radius 2 is 1.80 bits per heavy atom. The van der Waals surface area contributed by atoms with Crippen LogP contribution in [0.15, 0.2) is 18.2 Å². The molecule has 0 N–H and O–H groups in total. The normalized spacial score (nSPS) is 21.8. The van der Waals surface area contributed by atoms with E-state index < -0.39 is 11.7 Å². The lowest BCUT2D eigenvalue weighted by Crippen LogP contribution is -2.06. The van der Waals surface area contributed by atoms with Gasteiger partial charge in [0.2, 0.25) is 0 Å². The van der Waals surface area contributed by atoms with Crippen LogP contribution in [0.4, 0.5) is 13.2 Å². The zero-order chi connectivity index (χ0) is 10.7. The Morgan fingerprint density at radius 1 is 1.07 bits per heavy atom. The Morgan fingerprint density at radius 3 is 2.40 bits per heavy atom. The van der Waals surface area contributed by atoms with E-state index in [2.05, 4.69) is 0 Å². The van der Waals surface area contributed by atoms with Gasteiger partial charge in [-0.15, -0.1) is 0 Å². The van der Waals surface area contributed by atoms with Gasteiger partial charge in [-0.05, 0) is 54.4 Å². The molecule has 0 unspecified atom stereocenters. The number of benzene rings is 1. The standard InChI is InChI=1S/C12H11F3/c13-12(14,15)9-1-2-10-8(7-9)3-4-11(10)5-6-11/h1-2,7H,3-6H2. The molecule has 0 nitrogen and oxygen atoms in total. The van der Waals surface area contributed by atoms with E-state index >= 15 is 0 Å². The smallest absolute Gasteiger partial charge is 0.166 e. The molecule has 0 aliphatic heterocycles. The third-order valence-electron chi connectivity index (χ3n) is 3.73. The molecule has 1 saturated carbocycles. The second-order valence-electron chi connectivity index (χ2n) is 4.65. The maximum absolute atomic E-state index is 12.5. The van der Waals surface area contributed by atoms with Crippen molar-refractivity contribution in [2.45, 2.75) is 37.3 Å². The van der Waals surface area contributed by atoms with Crippen molar-refractivity contribution in [2.75, 3.05) is 0 Å². The fraction of sp³-hybridized carbons (Fsp3) is 0.500. The minimum absolute atomic E-state index is 0.277. The molecule has 0 atom stereocenters. The van der Waals surface area contributed by atoms with Gasteiger partial charge in [0, 0.05) is 0 Å². The van der Waals surface area contributed by atoms with Gasteiger partial charge < -0.3 is 0 Å². The lowest BCUT2D eigenvalue weighted by Gasteiger charge is -2.11. The van der Waals surface area contributed by atoms with Gasteiger partial charge in [0.15, 0.2) is 0 Å². The summed E-state index contributed by atoms with van der Waals surface area (Å²) in [5, 5.41) is 0. The van der Waals surface area contributed by atoms with Gasteiger partial charge in [0.25, 0.3) is 0 Å². The molecule has 1 aromatic rings. The minimum atomic E-state index is -4.20. The van der Waals surface area contributed by atoms with E-state index in [9.17, 15) is 13.2 Å². The van der Waals surface area contributed by atoms with Gasteiger partial charge >= 0.3 is 6.18 Å². The van der Waals surface area contributed by atoms with Crippen molar-refractivity contribution < 1.29 is 13.2 Å². The van der Waals surface area contributed by atoms with E-state index in [0.717, 1.165) is 31.2 Å². The molecule has 0 saturated heterocycles. The maximum Gasteiger partial charge on any atom is 0.416 e. The van der Waals surface area contributed by atoms with E-state index in [1.165, 1.54) is 17.7 Å². The summed E-state index contributed by atoms with van der Waals surface area (Å²) in [6.45, 7) is 0. The molecule has 80 valence electrons. The van der Waals surface area contributed by atoms with Gasteiger partial charge in [-0.25, -0.2) is 0 Å². The summed E-state index contributed by atoms with van der Waals surface area (Å²) < 4.78 is 37.4. The quantitative estimate of drug-likeness (QED) is 0.615. The van der Waals surface area contributed by atoms with Crippen molar-refractivity contribution in [1.82, 2.24) is 0 Å². The molecule has 3 heteroatoms. The third-order valence-corrected chi connectivity index (χ3v) is 3.73. The SMILES string of the molecule is FC(F)(F)c1ccc2c(c1)CCC21CC1. The van der Waals surface area contributed by atoms with Crippen molar-refractivity contribution in [3.63, 3.8) is 0 Å². The van der Waals surface area contributed by atoms with Crippen LogP contribution in [-0.4, -0.2) is 0 Å². The summed E-state index contributed by atoms with van der Waals surface area (Å²) in [6.07, 6.45) is -0.0199. The first kappa shape index (κ1) is 9.25. The summed E-state index contributed by atoms with van der Waals surface area (Å²) in [6, 6.07) is 4.25. The Bertz CT molecular complexity index is 413. The highest BCUT2D eigenvalue weighted by Gasteiger charge is 2.48. The number of halogens is 3. The number of aryl methyl sites for hydroxylation is 1. The molecule has 1 fully saturated rings. The Kier molecular flexibility index (Phi) is 1.59. The van der Waals surface area contributed by atoms with Crippen LogP contribution in [0.5, 0.6) is 0 Å². The maximum atomic E-state index is 12.5. The highest BCUT2D eigenvalue weighted by molar-refractivity contribution is 5.45. The van der Waals surface area contributed by atoms with Crippen LogP contribution in [0.2, 0.25) is 0 Å². The second-order valence-corrected chi connectivity index (χ2v) is 4.65.